The first-order valence-electron chi connectivity index (χ1n) is 10.00. The van der Waals surface area contributed by atoms with Gasteiger partial charge >= 0.3 is 0 Å². The summed E-state index contributed by atoms with van der Waals surface area (Å²) in [6.45, 7) is 0.588. The number of aliphatic imine (C=N–C) groups is 1. The molecule has 2 aromatic rings. The molecule has 0 aromatic heterocycles. The van der Waals surface area contributed by atoms with Crippen molar-refractivity contribution in [3.8, 4) is 11.5 Å². The molecule has 3 rings (SSSR count). The first kappa shape index (κ1) is 21.3. The topological polar surface area (TPSA) is 91.9 Å². The first-order chi connectivity index (χ1) is 14.0. The quantitative estimate of drug-likeness (QED) is 0.423. The first-order valence-corrected chi connectivity index (χ1v) is 10.4. The Morgan fingerprint density at radius 3 is 2.69 bits per heavy atom. The number of nitrogens with two attached hydrogens (primary N) is 1. The van der Waals surface area contributed by atoms with Gasteiger partial charge in [-0.25, -0.2) is 0 Å². The Morgan fingerprint density at radius 1 is 1.21 bits per heavy atom. The molecule has 1 aliphatic carbocycles. The minimum absolute atomic E-state index is 0.106. The van der Waals surface area contributed by atoms with Gasteiger partial charge in [-0.1, -0.05) is 36.6 Å². The number of phenolic OH excluding ortho intramolecular Hbond substituents is 1. The summed E-state index contributed by atoms with van der Waals surface area (Å²) >= 11 is 6.17. The van der Waals surface area contributed by atoms with Crippen LogP contribution in [0.3, 0.4) is 0 Å². The predicted octanol–water partition coefficient (Wildman–Crippen LogP) is 3.92. The molecule has 1 fully saturated rings. The summed E-state index contributed by atoms with van der Waals surface area (Å²) in [6.07, 6.45) is 5.12. The zero-order valence-electron chi connectivity index (χ0n) is 16.7. The van der Waals surface area contributed by atoms with Gasteiger partial charge in [-0.15, -0.1) is 0 Å². The molecule has 0 unspecified atom stereocenters. The van der Waals surface area contributed by atoms with Crippen LogP contribution >= 0.6 is 11.6 Å². The number of hydrogen-bond donors (Lipinski definition) is 4. The normalized spacial score (nSPS) is 19.6. The highest BCUT2D eigenvalue weighted by Gasteiger charge is 2.23. The molecule has 0 amide bonds. The van der Waals surface area contributed by atoms with E-state index in [2.05, 4.69) is 10.6 Å². The Balaban J connectivity index is 1.75. The van der Waals surface area contributed by atoms with Gasteiger partial charge in [0.15, 0.2) is 5.96 Å². The smallest absolute Gasteiger partial charge is 0.196 e. The van der Waals surface area contributed by atoms with Crippen LogP contribution in [0.5, 0.6) is 11.5 Å². The highest BCUT2D eigenvalue weighted by Crippen LogP contribution is 2.28. The summed E-state index contributed by atoms with van der Waals surface area (Å²) < 4.78 is 5.45. The second kappa shape index (κ2) is 10.4. The Kier molecular flexibility index (Phi) is 7.61. The number of anilines is 1. The van der Waals surface area contributed by atoms with Gasteiger partial charge in [0.05, 0.1) is 12.8 Å². The van der Waals surface area contributed by atoms with Gasteiger partial charge in [-0.3, -0.25) is 4.99 Å². The van der Waals surface area contributed by atoms with Crippen molar-refractivity contribution in [1.82, 2.24) is 5.32 Å². The Morgan fingerprint density at radius 2 is 1.97 bits per heavy atom. The molecular weight excluding hydrogens is 388 g/mol. The molecule has 29 heavy (non-hydrogen) atoms. The molecule has 156 valence electrons. The van der Waals surface area contributed by atoms with E-state index in [9.17, 15) is 5.11 Å². The molecule has 2 aromatic carbocycles. The van der Waals surface area contributed by atoms with Crippen LogP contribution in [0.25, 0.3) is 0 Å². The van der Waals surface area contributed by atoms with Gasteiger partial charge in [-0.2, -0.15) is 0 Å². The third-order valence-corrected chi connectivity index (χ3v) is 5.40. The van der Waals surface area contributed by atoms with Gasteiger partial charge in [0, 0.05) is 23.7 Å². The van der Waals surface area contributed by atoms with Gasteiger partial charge in [0.2, 0.25) is 0 Å². The van der Waals surface area contributed by atoms with Crippen LogP contribution in [-0.2, 0) is 6.42 Å². The van der Waals surface area contributed by atoms with Crippen molar-refractivity contribution in [2.24, 2.45) is 10.7 Å². The average molecular weight is 417 g/mol. The Labute approximate surface area is 177 Å². The van der Waals surface area contributed by atoms with E-state index in [4.69, 9.17) is 27.1 Å². The summed E-state index contributed by atoms with van der Waals surface area (Å²) in [7, 11) is 1.63. The number of nitrogens with one attached hydrogen (secondary N) is 2. The van der Waals surface area contributed by atoms with E-state index in [-0.39, 0.29) is 17.8 Å². The lowest BCUT2D eigenvalue weighted by Crippen LogP contribution is -2.51. The summed E-state index contributed by atoms with van der Waals surface area (Å²) in [5.41, 5.74) is 8.18. The number of ether oxygens (including phenoxy) is 1. The number of halogens is 1. The van der Waals surface area contributed by atoms with E-state index in [1.54, 1.807) is 25.3 Å². The van der Waals surface area contributed by atoms with Crippen molar-refractivity contribution in [2.75, 3.05) is 19.0 Å². The maximum absolute atomic E-state index is 9.43. The number of benzene rings is 2. The van der Waals surface area contributed by atoms with Crippen LogP contribution in [0, 0.1) is 0 Å². The second-order valence-electron chi connectivity index (χ2n) is 7.32. The lowest BCUT2D eigenvalue weighted by atomic mass is 9.91. The minimum atomic E-state index is 0.106. The lowest BCUT2D eigenvalue weighted by Gasteiger charge is -2.31. The number of hydrogen-bond acceptors (Lipinski definition) is 4. The second-order valence-corrected chi connectivity index (χ2v) is 7.75. The fourth-order valence-corrected chi connectivity index (χ4v) is 3.67. The molecule has 0 radical (unpaired) electrons. The Bertz CT molecular complexity index is 826. The van der Waals surface area contributed by atoms with Crippen molar-refractivity contribution in [3.63, 3.8) is 0 Å². The van der Waals surface area contributed by atoms with Crippen molar-refractivity contribution in [3.05, 3.63) is 53.1 Å². The van der Waals surface area contributed by atoms with Gasteiger partial charge in [0.1, 0.15) is 11.5 Å². The third-order valence-electron chi connectivity index (χ3n) is 5.16. The maximum atomic E-state index is 9.43. The van der Waals surface area contributed by atoms with E-state index in [0.717, 1.165) is 36.9 Å². The SMILES string of the molecule is COc1ccc(Cl)cc1NC(=NCCc1ccc(O)cc1)N[C@H]1CCCC[C@@H]1N. The van der Waals surface area contributed by atoms with Crippen LogP contribution in [0.1, 0.15) is 31.2 Å². The molecule has 0 saturated heterocycles. The zero-order valence-corrected chi connectivity index (χ0v) is 17.5. The lowest BCUT2D eigenvalue weighted by molar-refractivity contribution is 0.360. The molecule has 7 heteroatoms. The average Bonchev–Trinajstić information content (AvgIpc) is 2.71. The molecule has 2 atom stereocenters. The summed E-state index contributed by atoms with van der Waals surface area (Å²) in [5, 5.41) is 16.9. The molecule has 6 nitrogen and oxygen atoms in total. The maximum Gasteiger partial charge on any atom is 0.196 e. The molecule has 0 heterocycles. The van der Waals surface area contributed by atoms with E-state index in [1.165, 1.54) is 6.42 Å². The van der Waals surface area contributed by atoms with E-state index in [0.29, 0.717) is 23.3 Å². The monoisotopic (exact) mass is 416 g/mol. The van der Waals surface area contributed by atoms with Gasteiger partial charge < -0.3 is 26.2 Å². The van der Waals surface area contributed by atoms with Crippen molar-refractivity contribution in [2.45, 2.75) is 44.2 Å². The highest BCUT2D eigenvalue weighted by molar-refractivity contribution is 6.31. The van der Waals surface area contributed by atoms with E-state index < -0.39 is 0 Å². The highest BCUT2D eigenvalue weighted by atomic mass is 35.5. The standard InChI is InChI=1S/C22H29ClN4O2/c1-29-21-11-8-16(23)14-20(21)27-22(26-19-5-3-2-4-18(19)24)25-13-12-15-6-9-17(28)10-7-15/h6-11,14,18-19,28H,2-5,12-13,24H2,1H3,(H2,25,26,27)/t18-,19-/m0/s1. The predicted molar refractivity (Wildman–Crippen MR) is 119 cm³/mol. The van der Waals surface area contributed by atoms with Gasteiger partial charge in [0.25, 0.3) is 0 Å². The zero-order chi connectivity index (χ0) is 20.6. The molecule has 0 aliphatic heterocycles. The van der Waals surface area contributed by atoms with E-state index in [1.807, 2.05) is 24.3 Å². The minimum Gasteiger partial charge on any atom is -0.508 e. The fourth-order valence-electron chi connectivity index (χ4n) is 3.50. The molecule has 0 bridgehead atoms. The third kappa shape index (κ3) is 6.27. The molecule has 5 N–H and O–H groups in total. The van der Waals surface area contributed by atoms with Crippen LogP contribution in [0.2, 0.25) is 5.02 Å². The fraction of sp³-hybridized carbons (Fsp3) is 0.409. The molecular formula is C22H29ClN4O2. The van der Waals surface area contributed by atoms with Crippen molar-refractivity contribution in [1.29, 1.82) is 0 Å². The number of methoxy groups -OCH3 is 1. The molecule has 1 saturated carbocycles. The number of aromatic hydroxyl groups is 1. The number of rotatable bonds is 6. The Hall–Kier alpha value is -2.44. The van der Waals surface area contributed by atoms with Crippen molar-refractivity contribution < 1.29 is 9.84 Å². The number of guanidine groups is 1. The largest absolute Gasteiger partial charge is 0.508 e. The van der Waals surface area contributed by atoms with Crippen LogP contribution in [-0.4, -0.2) is 36.8 Å². The van der Waals surface area contributed by atoms with Crippen LogP contribution < -0.4 is 21.1 Å². The molecule has 1 aliphatic rings. The number of phenols is 1. The van der Waals surface area contributed by atoms with E-state index >= 15 is 0 Å². The summed E-state index contributed by atoms with van der Waals surface area (Å²) in [6, 6.07) is 12.9. The van der Waals surface area contributed by atoms with Crippen LogP contribution in [0.4, 0.5) is 5.69 Å². The van der Waals surface area contributed by atoms with Crippen molar-refractivity contribution >= 4 is 23.2 Å². The summed E-state index contributed by atoms with van der Waals surface area (Å²) in [5.74, 6) is 1.61. The van der Waals surface area contributed by atoms with Crippen LogP contribution in [0.15, 0.2) is 47.5 Å². The van der Waals surface area contributed by atoms with Gasteiger partial charge in [-0.05, 0) is 55.2 Å². The molecule has 0 spiro atoms. The number of nitrogens with zero attached hydrogens (tertiary/aromatic N) is 1. The summed E-state index contributed by atoms with van der Waals surface area (Å²) in [4.78, 5) is 4.75.